The number of benzene rings is 1. The Labute approximate surface area is 190 Å². The highest BCUT2D eigenvalue weighted by Gasteiger charge is 2.11. The Bertz CT molecular complexity index is 863. The minimum Gasteiger partial charge on any atom is -0.493 e. The van der Waals surface area contributed by atoms with Crippen molar-refractivity contribution in [2.24, 2.45) is 4.99 Å². The zero-order valence-corrected chi connectivity index (χ0v) is 19.6. The molecule has 8 nitrogen and oxygen atoms in total. The first-order valence-corrected chi connectivity index (χ1v) is 11.2. The smallest absolute Gasteiger partial charge is 0.287 e. The molecule has 176 valence electrons. The lowest BCUT2D eigenvalue weighted by atomic mass is 10.1. The molecule has 0 unspecified atom stereocenters. The van der Waals surface area contributed by atoms with Gasteiger partial charge in [-0.3, -0.25) is 9.79 Å². The zero-order valence-electron chi connectivity index (χ0n) is 19.6. The third kappa shape index (κ3) is 8.17. The Hall–Kier alpha value is -3.16. The Balaban J connectivity index is 1.71. The maximum atomic E-state index is 12.0. The summed E-state index contributed by atoms with van der Waals surface area (Å²) in [7, 11) is 1.65. The maximum Gasteiger partial charge on any atom is 0.287 e. The summed E-state index contributed by atoms with van der Waals surface area (Å²) in [5, 5.41) is 9.48. The van der Waals surface area contributed by atoms with Crippen LogP contribution in [0.2, 0.25) is 0 Å². The number of carbonyl (C=O) groups excluding carboxylic acids is 1. The summed E-state index contributed by atoms with van der Waals surface area (Å²) in [5.74, 6) is 2.50. The molecule has 0 bridgehead atoms. The van der Waals surface area contributed by atoms with Crippen molar-refractivity contribution in [2.75, 3.05) is 39.9 Å². The molecule has 3 N–H and O–H groups in total. The van der Waals surface area contributed by atoms with Crippen LogP contribution in [-0.4, -0.2) is 51.8 Å². The summed E-state index contributed by atoms with van der Waals surface area (Å²) in [6.07, 6.45) is 4.15. The normalized spacial score (nSPS) is 11.2. The van der Waals surface area contributed by atoms with Crippen molar-refractivity contribution in [1.82, 2.24) is 16.0 Å². The van der Waals surface area contributed by atoms with Crippen LogP contribution in [0.1, 0.15) is 48.4 Å². The molecule has 0 atom stereocenters. The van der Waals surface area contributed by atoms with Gasteiger partial charge < -0.3 is 29.8 Å². The number of guanidine groups is 1. The van der Waals surface area contributed by atoms with Gasteiger partial charge >= 0.3 is 0 Å². The number of hydrogen-bond donors (Lipinski definition) is 3. The van der Waals surface area contributed by atoms with Crippen LogP contribution in [0.25, 0.3) is 0 Å². The van der Waals surface area contributed by atoms with Gasteiger partial charge in [0.1, 0.15) is 0 Å². The first kappa shape index (κ1) is 25.1. The van der Waals surface area contributed by atoms with Gasteiger partial charge in [0, 0.05) is 31.7 Å². The number of aliphatic imine (C=N–C) groups is 1. The number of ether oxygens (including phenoxy) is 2. The number of carbonyl (C=O) groups is 1. The van der Waals surface area contributed by atoms with Crippen LogP contribution in [0.15, 0.2) is 39.9 Å². The lowest BCUT2D eigenvalue weighted by Crippen LogP contribution is -2.38. The number of nitrogens with one attached hydrogen (secondary N) is 3. The fourth-order valence-corrected chi connectivity index (χ4v) is 3.14. The molecule has 8 heteroatoms. The van der Waals surface area contributed by atoms with E-state index in [1.165, 1.54) is 11.8 Å². The van der Waals surface area contributed by atoms with Crippen LogP contribution in [0, 0.1) is 6.92 Å². The van der Waals surface area contributed by atoms with Gasteiger partial charge in [-0.2, -0.15) is 0 Å². The molecule has 2 aromatic rings. The molecule has 0 spiro atoms. The highest BCUT2D eigenvalue weighted by atomic mass is 16.5. The van der Waals surface area contributed by atoms with Crippen molar-refractivity contribution in [3.8, 4) is 11.5 Å². The molecule has 0 aliphatic carbocycles. The van der Waals surface area contributed by atoms with Crippen LogP contribution in [0.3, 0.4) is 0 Å². The second-order valence-electron chi connectivity index (χ2n) is 7.25. The molecule has 0 aliphatic heterocycles. The average Bonchev–Trinajstić information content (AvgIpc) is 3.22. The summed E-state index contributed by atoms with van der Waals surface area (Å²) in [4.78, 5) is 16.6. The van der Waals surface area contributed by atoms with Crippen molar-refractivity contribution in [3.05, 3.63) is 47.4 Å². The molecule has 0 aliphatic rings. The van der Waals surface area contributed by atoms with Crippen LogP contribution in [0.5, 0.6) is 11.5 Å². The largest absolute Gasteiger partial charge is 0.493 e. The van der Waals surface area contributed by atoms with E-state index < -0.39 is 0 Å². The molecule has 1 amide bonds. The standard InChI is InChI=1S/C24H36N4O4/c1-5-25-24(28-15-8-14-26-23(29)22-18(3)12-16-32-22)27-13-7-9-19-10-11-20(30-4)21(17-19)31-6-2/h10-12,16-17H,5-9,13-15H2,1-4H3,(H,26,29)(H2,25,27,28). The summed E-state index contributed by atoms with van der Waals surface area (Å²) >= 11 is 0. The monoisotopic (exact) mass is 444 g/mol. The highest BCUT2D eigenvalue weighted by Crippen LogP contribution is 2.28. The van der Waals surface area contributed by atoms with E-state index >= 15 is 0 Å². The van der Waals surface area contributed by atoms with Gasteiger partial charge in [0.15, 0.2) is 23.2 Å². The number of aryl methyl sites for hydroxylation is 2. The Morgan fingerprint density at radius 1 is 1.06 bits per heavy atom. The Morgan fingerprint density at radius 3 is 2.56 bits per heavy atom. The molecule has 1 aromatic carbocycles. The quantitative estimate of drug-likeness (QED) is 0.249. The minimum absolute atomic E-state index is 0.187. The lowest BCUT2D eigenvalue weighted by molar-refractivity contribution is 0.0925. The van der Waals surface area contributed by atoms with Crippen molar-refractivity contribution >= 4 is 11.9 Å². The third-order valence-corrected chi connectivity index (χ3v) is 4.77. The second kappa shape index (κ2) is 14.0. The van der Waals surface area contributed by atoms with Gasteiger partial charge in [-0.1, -0.05) is 6.07 Å². The lowest BCUT2D eigenvalue weighted by Gasteiger charge is -2.13. The van der Waals surface area contributed by atoms with E-state index in [9.17, 15) is 4.79 Å². The molecule has 1 aromatic heterocycles. The number of furan rings is 1. The van der Waals surface area contributed by atoms with Crippen molar-refractivity contribution < 1.29 is 18.7 Å². The van der Waals surface area contributed by atoms with E-state index in [-0.39, 0.29) is 5.91 Å². The van der Waals surface area contributed by atoms with E-state index in [0.29, 0.717) is 25.5 Å². The summed E-state index contributed by atoms with van der Waals surface area (Å²) in [6, 6.07) is 7.84. The van der Waals surface area contributed by atoms with E-state index in [2.05, 4.69) is 27.0 Å². The number of methoxy groups -OCH3 is 1. The second-order valence-corrected chi connectivity index (χ2v) is 7.25. The molecule has 0 saturated heterocycles. The van der Waals surface area contributed by atoms with Crippen LogP contribution >= 0.6 is 0 Å². The zero-order chi connectivity index (χ0) is 23.2. The molecule has 0 radical (unpaired) electrons. The molecular weight excluding hydrogens is 408 g/mol. The van der Waals surface area contributed by atoms with Gasteiger partial charge in [-0.15, -0.1) is 0 Å². The fraction of sp³-hybridized carbons (Fsp3) is 0.500. The molecule has 1 heterocycles. The topological polar surface area (TPSA) is 97.1 Å². The van der Waals surface area contributed by atoms with E-state index in [1.54, 1.807) is 13.2 Å². The maximum absolute atomic E-state index is 12.0. The summed E-state index contributed by atoms with van der Waals surface area (Å²) < 4.78 is 16.2. The molecule has 32 heavy (non-hydrogen) atoms. The van der Waals surface area contributed by atoms with Crippen molar-refractivity contribution in [3.63, 3.8) is 0 Å². The number of hydrogen-bond acceptors (Lipinski definition) is 5. The first-order valence-electron chi connectivity index (χ1n) is 11.2. The third-order valence-electron chi connectivity index (χ3n) is 4.77. The van der Waals surface area contributed by atoms with Crippen LogP contribution in [0.4, 0.5) is 0 Å². The summed E-state index contributed by atoms with van der Waals surface area (Å²) in [6.45, 7) is 9.21. The Kier molecular flexibility index (Phi) is 11.0. The SMILES string of the molecule is CCNC(=NCCCNC(=O)c1occc1C)NCCCc1ccc(OC)c(OCC)c1. The number of rotatable bonds is 13. The Morgan fingerprint density at radius 2 is 1.88 bits per heavy atom. The van der Waals surface area contributed by atoms with Gasteiger partial charge in [-0.25, -0.2) is 0 Å². The predicted octanol–water partition coefficient (Wildman–Crippen LogP) is 3.30. The van der Waals surface area contributed by atoms with Gasteiger partial charge in [0.25, 0.3) is 5.91 Å². The number of nitrogens with zero attached hydrogens (tertiary/aromatic N) is 1. The molecule has 0 fully saturated rings. The van der Waals surface area contributed by atoms with Crippen molar-refractivity contribution in [2.45, 2.75) is 40.0 Å². The van der Waals surface area contributed by atoms with Gasteiger partial charge in [0.2, 0.25) is 0 Å². The van der Waals surface area contributed by atoms with E-state index in [1.807, 2.05) is 32.9 Å². The molecule has 0 saturated carbocycles. The van der Waals surface area contributed by atoms with Crippen molar-refractivity contribution in [1.29, 1.82) is 0 Å². The molecule has 2 rings (SSSR count). The average molecular weight is 445 g/mol. The van der Waals surface area contributed by atoms with Gasteiger partial charge in [0.05, 0.1) is 20.0 Å². The fourth-order valence-electron chi connectivity index (χ4n) is 3.14. The molecular formula is C24H36N4O4. The minimum atomic E-state index is -0.187. The number of amides is 1. The van der Waals surface area contributed by atoms with Crippen LogP contribution in [-0.2, 0) is 6.42 Å². The first-order chi connectivity index (χ1) is 15.6. The van der Waals surface area contributed by atoms with E-state index in [0.717, 1.165) is 55.4 Å². The highest BCUT2D eigenvalue weighted by molar-refractivity contribution is 5.92. The van der Waals surface area contributed by atoms with Gasteiger partial charge in [-0.05, 0) is 63.8 Å². The van der Waals surface area contributed by atoms with Crippen LogP contribution < -0.4 is 25.4 Å². The summed E-state index contributed by atoms with van der Waals surface area (Å²) in [5.41, 5.74) is 2.04. The predicted molar refractivity (Wildman–Crippen MR) is 127 cm³/mol. The van der Waals surface area contributed by atoms with E-state index in [4.69, 9.17) is 13.9 Å².